The van der Waals surface area contributed by atoms with Gasteiger partial charge in [0, 0.05) is 25.8 Å². The third-order valence-corrected chi connectivity index (χ3v) is 2.61. The van der Waals surface area contributed by atoms with Crippen LogP contribution in [0.3, 0.4) is 0 Å². The maximum absolute atomic E-state index is 11.6. The summed E-state index contributed by atoms with van der Waals surface area (Å²) in [6.45, 7) is 6.54. The number of carbonyl (C=O) groups excluding carboxylic acids is 1. The van der Waals surface area contributed by atoms with Crippen LogP contribution in [0.5, 0.6) is 0 Å². The third kappa shape index (κ3) is 4.44. The van der Waals surface area contributed by atoms with E-state index in [1.807, 2.05) is 31.2 Å². The SMILES string of the molecule is CCNCc1ccc(NC(=O)N(C)CC)cc1. The van der Waals surface area contributed by atoms with E-state index in [9.17, 15) is 4.79 Å². The van der Waals surface area contributed by atoms with Crippen molar-refractivity contribution in [3.8, 4) is 0 Å². The van der Waals surface area contributed by atoms with E-state index in [4.69, 9.17) is 0 Å². The number of rotatable bonds is 5. The van der Waals surface area contributed by atoms with Crippen LogP contribution in [0.15, 0.2) is 24.3 Å². The average molecular weight is 235 g/mol. The summed E-state index contributed by atoms with van der Waals surface area (Å²) in [5.41, 5.74) is 2.05. The number of urea groups is 1. The molecule has 0 radical (unpaired) electrons. The Morgan fingerprint density at radius 1 is 1.24 bits per heavy atom. The third-order valence-electron chi connectivity index (χ3n) is 2.61. The van der Waals surface area contributed by atoms with Gasteiger partial charge >= 0.3 is 6.03 Å². The summed E-state index contributed by atoms with van der Waals surface area (Å²) >= 11 is 0. The van der Waals surface area contributed by atoms with Crippen molar-refractivity contribution >= 4 is 11.7 Å². The number of nitrogens with one attached hydrogen (secondary N) is 2. The lowest BCUT2D eigenvalue weighted by Gasteiger charge is -2.15. The second kappa shape index (κ2) is 6.91. The molecule has 0 spiro atoms. The van der Waals surface area contributed by atoms with Crippen LogP contribution in [0.4, 0.5) is 10.5 Å². The van der Waals surface area contributed by atoms with Gasteiger partial charge in [0.1, 0.15) is 0 Å². The molecule has 1 rings (SSSR count). The van der Waals surface area contributed by atoms with Gasteiger partial charge in [0.2, 0.25) is 0 Å². The molecule has 0 atom stereocenters. The molecule has 0 saturated carbocycles. The molecule has 0 unspecified atom stereocenters. The molecule has 4 nitrogen and oxygen atoms in total. The fraction of sp³-hybridized carbons (Fsp3) is 0.462. The van der Waals surface area contributed by atoms with Crippen molar-refractivity contribution in [2.45, 2.75) is 20.4 Å². The smallest absolute Gasteiger partial charge is 0.321 e. The largest absolute Gasteiger partial charge is 0.328 e. The summed E-state index contributed by atoms with van der Waals surface area (Å²) < 4.78 is 0. The fourth-order valence-corrected chi connectivity index (χ4v) is 1.34. The lowest BCUT2D eigenvalue weighted by atomic mass is 10.2. The summed E-state index contributed by atoms with van der Waals surface area (Å²) in [6.07, 6.45) is 0. The number of amides is 2. The van der Waals surface area contributed by atoms with E-state index in [0.29, 0.717) is 6.54 Å². The minimum Gasteiger partial charge on any atom is -0.328 e. The maximum Gasteiger partial charge on any atom is 0.321 e. The van der Waals surface area contributed by atoms with Crippen LogP contribution in [0.25, 0.3) is 0 Å². The molecule has 0 heterocycles. The summed E-state index contributed by atoms with van der Waals surface area (Å²) in [7, 11) is 1.77. The Morgan fingerprint density at radius 2 is 1.88 bits per heavy atom. The number of nitrogens with zero attached hydrogens (tertiary/aromatic N) is 1. The number of carbonyl (C=O) groups is 1. The first-order chi connectivity index (χ1) is 8.17. The highest BCUT2D eigenvalue weighted by atomic mass is 16.2. The molecule has 1 aromatic rings. The maximum atomic E-state index is 11.6. The predicted octanol–water partition coefficient (Wildman–Crippen LogP) is 2.28. The van der Waals surface area contributed by atoms with Crippen molar-refractivity contribution in [2.24, 2.45) is 0 Å². The molecular weight excluding hydrogens is 214 g/mol. The lowest BCUT2D eigenvalue weighted by Crippen LogP contribution is -2.30. The van der Waals surface area contributed by atoms with Crippen molar-refractivity contribution < 1.29 is 4.79 Å². The van der Waals surface area contributed by atoms with E-state index < -0.39 is 0 Å². The van der Waals surface area contributed by atoms with Crippen molar-refractivity contribution in [3.63, 3.8) is 0 Å². The van der Waals surface area contributed by atoms with Gasteiger partial charge in [-0.1, -0.05) is 19.1 Å². The molecule has 0 aliphatic carbocycles. The fourth-order valence-electron chi connectivity index (χ4n) is 1.34. The zero-order valence-corrected chi connectivity index (χ0v) is 10.8. The summed E-state index contributed by atoms with van der Waals surface area (Å²) in [6, 6.07) is 7.81. The minimum absolute atomic E-state index is 0.0769. The van der Waals surface area contributed by atoms with Gasteiger partial charge in [-0.3, -0.25) is 0 Å². The lowest BCUT2D eigenvalue weighted by molar-refractivity contribution is 0.224. The van der Waals surface area contributed by atoms with E-state index in [-0.39, 0.29) is 6.03 Å². The van der Waals surface area contributed by atoms with Crippen LogP contribution in [-0.2, 0) is 6.54 Å². The molecule has 0 bridgehead atoms. The van der Waals surface area contributed by atoms with Crippen molar-refractivity contribution in [1.82, 2.24) is 10.2 Å². The van der Waals surface area contributed by atoms with E-state index >= 15 is 0 Å². The van der Waals surface area contributed by atoms with Crippen molar-refractivity contribution in [1.29, 1.82) is 0 Å². The Labute approximate surface area is 103 Å². The molecule has 17 heavy (non-hydrogen) atoms. The van der Waals surface area contributed by atoms with Crippen LogP contribution in [-0.4, -0.2) is 31.1 Å². The molecule has 1 aromatic carbocycles. The van der Waals surface area contributed by atoms with E-state index in [1.54, 1.807) is 11.9 Å². The van der Waals surface area contributed by atoms with E-state index in [0.717, 1.165) is 18.8 Å². The van der Waals surface area contributed by atoms with Crippen LogP contribution >= 0.6 is 0 Å². The van der Waals surface area contributed by atoms with Gasteiger partial charge in [0.15, 0.2) is 0 Å². The molecular formula is C13H21N3O. The Hall–Kier alpha value is -1.55. The number of hydrogen-bond acceptors (Lipinski definition) is 2. The first-order valence-corrected chi connectivity index (χ1v) is 5.99. The standard InChI is InChI=1S/C13H21N3O/c1-4-14-10-11-6-8-12(9-7-11)15-13(17)16(3)5-2/h6-9,14H,4-5,10H2,1-3H3,(H,15,17). The Bertz CT molecular complexity index is 348. The Morgan fingerprint density at radius 3 is 2.41 bits per heavy atom. The molecule has 0 fully saturated rings. The Balaban J connectivity index is 2.53. The molecule has 2 N–H and O–H groups in total. The second-order valence-corrected chi connectivity index (χ2v) is 3.92. The molecule has 2 amide bonds. The second-order valence-electron chi connectivity index (χ2n) is 3.92. The quantitative estimate of drug-likeness (QED) is 0.822. The highest BCUT2D eigenvalue weighted by molar-refractivity contribution is 5.89. The Kier molecular flexibility index (Phi) is 5.49. The van der Waals surface area contributed by atoms with Gasteiger partial charge in [-0.2, -0.15) is 0 Å². The van der Waals surface area contributed by atoms with Crippen LogP contribution < -0.4 is 10.6 Å². The van der Waals surface area contributed by atoms with Gasteiger partial charge in [0.25, 0.3) is 0 Å². The molecule has 0 aromatic heterocycles. The summed E-state index contributed by atoms with van der Waals surface area (Å²) in [5, 5.41) is 6.10. The zero-order chi connectivity index (χ0) is 12.7. The monoisotopic (exact) mass is 235 g/mol. The van der Waals surface area contributed by atoms with Gasteiger partial charge < -0.3 is 15.5 Å². The van der Waals surface area contributed by atoms with Gasteiger partial charge in [0.05, 0.1) is 0 Å². The summed E-state index contributed by atoms with van der Waals surface area (Å²) in [5.74, 6) is 0. The molecule has 0 aliphatic heterocycles. The zero-order valence-electron chi connectivity index (χ0n) is 10.8. The van der Waals surface area contributed by atoms with Crippen LogP contribution in [0, 0.1) is 0 Å². The number of benzene rings is 1. The normalized spacial score (nSPS) is 10.1. The average Bonchev–Trinajstić information content (AvgIpc) is 2.37. The van der Waals surface area contributed by atoms with Gasteiger partial charge in [-0.05, 0) is 31.2 Å². The van der Waals surface area contributed by atoms with Crippen LogP contribution in [0.2, 0.25) is 0 Å². The van der Waals surface area contributed by atoms with E-state index in [1.165, 1.54) is 5.56 Å². The van der Waals surface area contributed by atoms with E-state index in [2.05, 4.69) is 17.6 Å². The van der Waals surface area contributed by atoms with Crippen molar-refractivity contribution in [2.75, 3.05) is 25.5 Å². The highest BCUT2D eigenvalue weighted by Crippen LogP contribution is 2.10. The van der Waals surface area contributed by atoms with Gasteiger partial charge in [-0.15, -0.1) is 0 Å². The molecule has 0 saturated heterocycles. The van der Waals surface area contributed by atoms with Gasteiger partial charge in [-0.25, -0.2) is 4.79 Å². The molecule has 94 valence electrons. The number of anilines is 1. The first-order valence-electron chi connectivity index (χ1n) is 5.99. The number of hydrogen-bond donors (Lipinski definition) is 2. The highest BCUT2D eigenvalue weighted by Gasteiger charge is 2.05. The predicted molar refractivity (Wildman–Crippen MR) is 71.1 cm³/mol. The topological polar surface area (TPSA) is 44.4 Å². The summed E-state index contributed by atoms with van der Waals surface area (Å²) in [4.78, 5) is 13.2. The first kappa shape index (κ1) is 13.5. The molecule has 0 aliphatic rings. The van der Waals surface area contributed by atoms with Crippen molar-refractivity contribution in [3.05, 3.63) is 29.8 Å². The molecule has 4 heteroatoms. The van der Waals surface area contributed by atoms with Crippen LogP contribution in [0.1, 0.15) is 19.4 Å². The minimum atomic E-state index is -0.0769.